The molecular weight excluding hydrogens is 408 g/mol. The van der Waals surface area contributed by atoms with Crippen LogP contribution in [0.25, 0.3) is 0 Å². The fourth-order valence-electron chi connectivity index (χ4n) is 7.63. The van der Waals surface area contributed by atoms with E-state index in [9.17, 15) is 15.3 Å². The minimum absolute atomic E-state index is 0.384. The van der Waals surface area contributed by atoms with Crippen LogP contribution in [0.15, 0.2) is 22.8 Å². The Kier molecular flexibility index (Phi) is 8.95. The van der Waals surface area contributed by atoms with Gasteiger partial charge in [0.2, 0.25) is 0 Å². The number of hydrogen-bond donors (Lipinski definition) is 3. The average molecular weight is 461 g/mol. The van der Waals surface area contributed by atoms with E-state index in [-0.39, 0.29) is 0 Å². The van der Waals surface area contributed by atoms with Crippen molar-refractivity contribution in [1.29, 1.82) is 0 Å². The molecule has 3 nitrogen and oxygen atoms in total. The molecule has 3 aliphatic rings. The molecule has 3 heteroatoms. The summed E-state index contributed by atoms with van der Waals surface area (Å²) in [5.41, 5.74) is 4.19. The summed E-state index contributed by atoms with van der Waals surface area (Å²) in [7, 11) is 0. The van der Waals surface area contributed by atoms with E-state index in [0.29, 0.717) is 29.6 Å². The van der Waals surface area contributed by atoms with Crippen LogP contribution in [-0.2, 0) is 0 Å². The smallest absolute Gasteiger partial charge is 0.0602 e. The van der Waals surface area contributed by atoms with E-state index in [1.54, 1.807) is 5.57 Å². The topological polar surface area (TPSA) is 60.7 Å². The quantitative estimate of drug-likeness (QED) is 0.367. The second kappa shape index (κ2) is 11.0. The zero-order valence-electron chi connectivity index (χ0n) is 22.4. The Balaban J connectivity index is 1.82. The van der Waals surface area contributed by atoms with Crippen molar-refractivity contribution in [3.05, 3.63) is 22.8 Å². The minimum atomic E-state index is -0.553. The molecule has 0 spiro atoms. The molecule has 0 radical (unpaired) electrons. The third kappa shape index (κ3) is 6.53. The lowest BCUT2D eigenvalue weighted by atomic mass is 9.60. The molecule has 1 unspecified atom stereocenters. The Morgan fingerprint density at radius 2 is 1.82 bits per heavy atom. The van der Waals surface area contributed by atoms with Gasteiger partial charge in [0, 0.05) is 0 Å². The molecule has 3 aliphatic carbocycles. The first kappa shape index (κ1) is 27.0. The van der Waals surface area contributed by atoms with Crippen LogP contribution < -0.4 is 0 Å². The average Bonchev–Trinajstić information content (AvgIpc) is 3.07. The number of rotatable bonds is 8. The second-order valence-electron chi connectivity index (χ2n) is 12.8. The maximum absolute atomic E-state index is 10.3. The fourth-order valence-corrected chi connectivity index (χ4v) is 7.63. The summed E-state index contributed by atoms with van der Waals surface area (Å²) in [6, 6.07) is 0. The second-order valence-corrected chi connectivity index (χ2v) is 12.8. The Morgan fingerprint density at radius 3 is 2.42 bits per heavy atom. The van der Waals surface area contributed by atoms with Gasteiger partial charge in [0.25, 0.3) is 0 Å². The molecule has 0 aliphatic heterocycles. The largest absolute Gasteiger partial charge is 0.393 e. The van der Waals surface area contributed by atoms with Gasteiger partial charge in [-0.05, 0) is 113 Å². The lowest BCUT2D eigenvalue weighted by Gasteiger charge is -2.45. The van der Waals surface area contributed by atoms with Crippen molar-refractivity contribution in [3.63, 3.8) is 0 Å². The Morgan fingerprint density at radius 1 is 1.15 bits per heavy atom. The Hall–Kier alpha value is -0.640. The van der Waals surface area contributed by atoms with Crippen molar-refractivity contribution >= 4 is 0 Å². The van der Waals surface area contributed by atoms with Gasteiger partial charge in [0.15, 0.2) is 0 Å². The molecule has 0 bridgehead atoms. The maximum atomic E-state index is 10.3. The third-order valence-corrected chi connectivity index (χ3v) is 9.57. The lowest BCUT2D eigenvalue weighted by Crippen LogP contribution is -2.36. The van der Waals surface area contributed by atoms with E-state index in [1.807, 2.05) is 13.8 Å². The number of hydrogen-bond acceptors (Lipinski definition) is 3. The summed E-state index contributed by atoms with van der Waals surface area (Å²) >= 11 is 0. The van der Waals surface area contributed by atoms with Crippen molar-refractivity contribution < 1.29 is 15.3 Å². The van der Waals surface area contributed by atoms with Crippen LogP contribution in [0.5, 0.6) is 0 Å². The highest BCUT2D eigenvalue weighted by atomic mass is 16.3. The van der Waals surface area contributed by atoms with Gasteiger partial charge in [-0.3, -0.25) is 0 Å². The van der Waals surface area contributed by atoms with Crippen molar-refractivity contribution in [2.24, 2.45) is 29.1 Å². The zero-order valence-corrected chi connectivity index (χ0v) is 22.4. The van der Waals surface area contributed by atoms with Gasteiger partial charge in [-0.15, -0.1) is 0 Å². The lowest BCUT2D eigenvalue weighted by molar-refractivity contribution is 0.0588. The van der Waals surface area contributed by atoms with Crippen molar-refractivity contribution in [1.82, 2.24) is 0 Å². The zero-order chi connectivity index (χ0) is 24.4. The molecule has 0 amide bonds. The Labute approximate surface area is 203 Å². The van der Waals surface area contributed by atoms with Crippen molar-refractivity contribution in [2.45, 2.75) is 136 Å². The van der Waals surface area contributed by atoms with E-state index < -0.39 is 17.8 Å². The van der Waals surface area contributed by atoms with Crippen LogP contribution in [0.2, 0.25) is 0 Å². The molecule has 33 heavy (non-hydrogen) atoms. The van der Waals surface area contributed by atoms with Gasteiger partial charge in [-0.25, -0.2) is 0 Å². The normalized spacial score (nSPS) is 36.0. The van der Waals surface area contributed by atoms with Gasteiger partial charge in [-0.2, -0.15) is 0 Å². The Bertz CT molecular complexity index is 703. The van der Waals surface area contributed by atoms with Crippen LogP contribution in [0.4, 0.5) is 0 Å². The van der Waals surface area contributed by atoms with Crippen LogP contribution in [-0.4, -0.2) is 33.1 Å². The highest BCUT2D eigenvalue weighted by Gasteiger charge is 2.50. The standard InChI is InChI=1S/C30H52O3/c1-7-20(2)26(23-16-24(31)19-25(32)17-23)18-22-11-9-15-30(6)27(12-13-28(22)30)21(3)10-8-14-29(4,5)33/h18,20-21,24-25,27-28,31-33H,7-17,19H2,1-6H3/b22-18+/t20?,21-,24-,25-,27-,28+,30-/m1/s1. The third-order valence-electron chi connectivity index (χ3n) is 9.57. The molecule has 0 aromatic heterocycles. The summed E-state index contributed by atoms with van der Waals surface area (Å²) in [6.45, 7) is 13.5. The van der Waals surface area contributed by atoms with Crippen LogP contribution >= 0.6 is 0 Å². The minimum Gasteiger partial charge on any atom is -0.393 e. The van der Waals surface area contributed by atoms with E-state index in [2.05, 4.69) is 33.8 Å². The first-order valence-electron chi connectivity index (χ1n) is 14.0. The van der Waals surface area contributed by atoms with E-state index >= 15 is 0 Å². The molecule has 7 atom stereocenters. The SMILES string of the molecule is CCC(C)C(/C=C1\CCC[C@]2(C)[C@@H]([C@H](C)CCCC(C)(C)O)CC[C@@H]12)=C1C[C@@H](O)C[C@H](O)C1. The summed E-state index contributed by atoms with van der Waals surface area (Å²) in [5.74, 6) is 2.62. The van der Waals surface area contributed by atoms with Gasteiger partial charge in [-0.1, -0.05) is 57.8 Å². The number of aliphatic hydroxyl groups is 3. The fraction of sp³-hybridized carbons (Fsp3) is 0.867. The first-order valence-corrected chi connectivity index (χ1v) is 14.0. The molecule has 190 valence electrons. The van der Waals surface area contributed by atoms with Crippen LogP contribution in [0.1, 0.15) is 119 Å². The summed E-state index contributed by atoms with van der Waals surface area (Å²) in [5, 5.41) is 30.8. The van der Waals surface area contributed by atoms with Gasteiger partial charge < -0.3 is 15.3 Å². The van der Waals surface area contributed by atoms with Gasteiger partial charge in [0.05, 0.1) is 17.8 Å². The molecule has 0 saturated heterocycles. The molecular formula is C30H52O3. The van der Waals surface area contributed by atoms with Crippen molar-refractivity contribution in [2.75, 3.05) is 0 Å². The maximum Gasteiger partial charge on any atom is 0.0602 e. The van der Waals surface area contributed by atoms with Crippen LogP contribution in [0.3, 0.4) is 0 Å². The highest BCUT2D eigenvalue weighted by molar-refractivity contribution is 5.35. The van der Waals surface area contributed by atoms with E-state index in [1.165, 1.54) is 49.7 Å². The van der Waals surface area contributed by atoms with Crippen molar-refractivity contribution in [3.8, 4) is 0 Å². The molecule has 0 heterocycles. The van der Waals surface area contributed by atoms with Crippen LogP contribution in [0, 0.1) is 29.1 Å². The molecule has 3 fully saturated rings. The monoisotopic (exact) mass is 460 g/mol. The van der Waals surface area contributed by atoms with E-state index in [0.717, 1.165) is 38.0 Å². The molecule has 3 rings (SSSR count). The highest BCUT2D eigenvalue weighted by Crippen LogP contribution is 2.60. The number of aliphatic hydroxyl groups excluding tert-OH is 2. The summed E-state index contributed by atoms with van der Waals surface area (Å²) in [6.07, 6.45) is 14.5. The number of allylic oxidation sites excluding steroid dienone is 3. The predicted octanol–water partition coefficient (Wildman–Crippen LogP) is 6.95. The molecule has 0 aromatic rings. The van der Waals surface area contributed by atoms with Gasteiger partial charge in [0.1, 0.15) is 0 Å². The first-order chi connectivity index (χ1) is 15.4. The summed E-state index contributed by atoms with van der Waals surface area (Å²) in [4.78, 5) is 0. The molecule has 0 aromatic carbocycles. The van der Waals surface area contributed by atoms with E-state index in [4.69, 9.17) is 0 Å². The molecule has 3 saturated carbocycles. The molecule has 3 N–H and O–H groups in total. The number of fused-ring (bicyclic) bond motifs is 1. The summed E-state index contributed by atoms with van der Waals surface area (Å²) < 4.78 is 0. The van der Waals surface area contributed by atoms with Gasteiger partial charge >= 0.3 is 0 Å². The predicted molar refractivity (Wildman–Crippen MR) is 138 cm³/mol.